The molecule has 0 saturated carbocycles. The van der Waals surface area contributed by atoms with Crippen molar-refractivity contribution in [1.82, 2.24) is 19.9 Å². The van der Waals surface area contributed by atoms with Gasteiger partial charge in [0.25, 0.3) is 0 Å². The summed E-state index contributed by atoms with van der Waals surface area (Å²) in [6.07, 6.45) is 1.07. The van der Waals surface area contributed by atoms with E-state index in [4.69, 9.17) is 9.72 Å². The van der Waals surface area contributed by atoms with E-state index in [2.05, 4.69) is 21.4 Å². The molecule has 1 saturated heterocycles. The topological polar surface area (TPSA) is 124 Å². The van der Waals surface area contributed by atoms with Crippen LogP contribution in [0, 0.1) is 18.3 Å². The number of carbonyl (C=O) groups is 1. The van der Waals surface area contributed by atoms with E-state index in [1.54, 1.807) is 37.2 Å². The van der Waals surface area contributed by atoms with Crippen molar-refractivity contribution >= 4 is 33.4 Å². The highest BCUT2D eigenvalue weighted by Crippen LogP contribution is 2.40. The molecule has 2 aromatic carbocycles. The van der Waals surface area contributed by atoms with Gasteiger partial charge in [-0.1, -0.05) is 29.5 Å². The molecule has 188 valence electrons. The average Bonchev–Trinajstić information content (AvgIpc) is 3.32. The number of hydrogen-bond donors (Lipinski definition) is 2. The third-order valence-electron chi connectivity index (χ3n) is 6.34. The number of rotatable bonds is 4. The minimum atomic E-state index is -1.07. The predicted molar refractivity (Wildman–Crippen MR) is 142 cm³/mol. The summed E-state index contributed by atoms with van der Waals surface area (Å²) in [5.74, 6) is 0. The summed E-state index contributed by atoms with van der Waals surface area (Å²) in [5.41, 5.74) is 3.53. The Hall–Kier alpha value is -3.91. The fourth-order valence-electron chi connectivity index (χ4n) is 4.26. The molecule has 3 heterocycles. The first-order valence-electron chi connectivity index (χ1n) is 11.9. The van der Waals surface area contributed by atoms with Crippen LogP contribution in [0.3, 0.4) is 0 Å². The van der Waals surface area contributed by atoms with E-state index in [0.717, 1.165) is 32.6 Å². The number of urea groups is 1. The largest absolute Gasteiger partial charge is 0.388 e. The Morgan fingerprint density at radius 1 is 1.24 bits per heavy atom. The van der Waals surface area contributed by atoms with E-state index in [1.165, 1.54) is 11.3 Å². The van der Waals surface area contributed by atoms with Crippen molar-refractivity contribution in [3.8, 4) is 27.8 Å². The van der Waals surface area contributed by atoms with Gasteiger partial charge in [0, 0.05) is 23.2 Å². The van der Waals surface area contributed by atoms with E-state index < -0.39 is 11.7 Å². The van der Waals surface area contributed by atoms with Gasteiger partial charge in [-0.2, -0.15) is 5.26 Å². The van der Waals surface area contributed by atoms with Crippen molar-refractivity contribution in [2.24, 2.45) is 0 Å². The number of benzene rings is 2. The minimum Gasteiger partial charge on any atom is -0.388 e. The number of thiazole rings is 1. The zero-order chi connectivity index (χ0) is 26.2. The molecule has 10 heteroatoms. The number of ether oxygens (including phenoxy) is 1. The normalized spacial score (nSPS) is 16.0. The first kappa shape index (κ1) is 24.8. The Balaban J connectivity index is 1.52. The lowest BCUT2D eigenvalue weighted by atomic mass is 10.0. The first-order chi connectivity index (χ1) is 17.7. The fourth-order valence-corrected chi connectivity index (χ4v) is 5.23. The second-order valence-corrected chi connectivity index (χ2v) is 10.5. The van der Waals surface area contributed by atoms with E-state index in [0.29, 0.717) is 29.5 Å². The quantitative estimate of drug-likeness (QED) is 0.408. The lowest BCUT2D eigenvalue weighted by Gasteiger charge is -2.38. The van der Waals surface area contributed by atoms with Crippen LogP contribution in [0.2, 0.25) is 0 Å². The van der Waals surface area contributed by atoms with Crippen LogP contribution in [0.15, 0.2) is 48.8 Å². The standard InChI is InChI=1S/C27H26N6O3S/c1-16-20-12-19(7-8-21(20)30-15-29-16)24-23(18-6-4-5-17(11-18)13-28)31-25(37-24)32-26(34)33-9-10-36-22(14-33)27(2,3)35/h4-8,11-12,15,22,35H,9-10,14H2,1-3H3,(H,31,32,34). The number of fused-ring (bicyclic) bond motifs is 1. The van der Waals surface area contributed by atoms with E-state index in [9.17, 15) is 15.2 Å². The van der Waals surface area contributed by atoms with Crippen molar-refractivity contribution in [1.29, 1.82) is 5.26 Å². The van der Waals surface area contributed by atoms with Crippen LogP contribution in [0.4, 0.5) is 9.93 Å². The number of carbonyl (C=O) groups excluding carboxylic acids is 1. The van der Waals surface area contributed by atoms with Crippen LogP contribution >= 0.6 is 11.3 Å². The second kappa shape index (κ2) is 9.86. The van der Waals surface area contributed by atoms with Crippen molar-refractivity contribution < 1.29 is 14.6 Å². The third kappa shape index (κ3) is 5.15. The number of aromatic nitrogens is 3. The number of amides is 2. The number of nitrogens with zero attached hydrogens (tertiary/aromatic N) is 5. The Labute approximate surface area is 218 Å². The molecule has 0 aliphatic carbocycles. The Kier molecular flexibility index (Phi) is 6.60. The maximum absolute atomic E-state index is 13.1. The van der Waals surface area contributed by atoms with Crippen molar-refractivity contribution in [3.05, 3.63) is 60.0 Å². The van der Waals surface area contributed by atoms with Crippen LogP contribution in [-0.4, -0.2) is 62.4 Å². The van der Waals surface area contributed by atoms with Gasteiger partial charge < -0.3 is 14.7 Å². The monoisotopic (exact) mass is 514 g/mol. The number of aliphatic hydroxyl groups is 1. The maximum atomic E-state index is 13.1. The first-order valence-corrected chi connectivity index (χ1v) is 12.7. The van der Waals surface area contributed by atoms with Crippen LogP contribution in [0.25, 0.3) is 32.6 Å². The highest BCUT2D eigenvalue weighted by atomic mass is 32.1. The van der Waals surface area contributed by atoms with Gasteiger partial charge >= 0.3 is 6.03 Å². The maximum Gasteiger partial charge on any atom is 0.323 e. The van der Waals surface area contributed by atoms with Gasteiger partial charge in [-0.05, 0) is 50.6 Å². The summed E-state index contributed by atoms with van der Waals surface area (Å²) < 4.78 is 5.66. The zero-order valence-electron chi connectivity index (χ0n) is 20.7. The van der Waals surface area contributed by atoms with Crippen molar-refractivity contribution in [2.45, 2.75) is 32.5 Å². The summed E-state index contributed by atoms with van der Waals surface area (Å²) in [7, 11) is 0. The van der Waals surface area contributed by atoms with Gasteiger partial charge in [0.05, 0.1) is 46.5 Å². The molecule has 1 atom stereocenters. The summed E-state index contributed by atoms with van der Waals surface area (Å²) in [4.78, 5) is 29.1. The molecule has 0 radical (unpaired) electrons. The molecule has 2 N–H and O–H groups in total. The number of anilines is 1. The molecule has 37 heavy (non-hydrogen) atoms. The van der Waals surface area contributed by atoms with Crippen LogP contribution in [0.1, 0.15) is 25.1 Å². The van der Waals surface area contributed by atoms with Crippen molar-refractivity contribution in [3.63, 3.8) is 0 Å². The minimum absolute atomic E-state index is 0.272. The van der Waals surface area contributed by atoms with Gasteiger partial charge in [-0.15, -0.1) is 0 Å². The number of hydrogen-bond acceptors (Lipinski definition) is 8. The lowest BCUT2D eigenvalue weighted by Crippen LogP contribution is -2.54. The molecule has 1 fully saturated rings. The molecule has 1 aliphatic rings. The fraction of sp³-hybridized carbons (Fsp3) is 0.296. The summed E-state index contributed by atoms with van der Waals surface area (Å²) in [5, 5.41) is 24.1. The Morgan fingerprint density at radius 2 is 2.08 bits per heavy atom. The van der Waals surface area contributed by atoms with Gasteiger partial charge in [0.15, 0.2) is 5.13 Å². The molecule has 0 spiro atoms. The SMILES string of the molecule is Cc1ncnc2ccc(-c3sc(NC(=O)N4CCOC(C(C)(C)O)C4)nc3-c3cccc(C#N)c3)cc12. The molecule has 5 rings (SSSR count). The van der Waals surface area contributed by atoms with Crippen LogP contribution < -0.4 is 5.32 Å². The predicted octanol–water partition coefficient (Wildman–Crippen LogP) is 4.60. The Morgan fingerprint density at radius 3 is 2.86 bits per heavy atom. The Bertz CT molecular complexity index is 1520. The summed E-state index contributed by atoms with van der Waals surface area (Å²) in [6.45, 7) is 6.31. The highest BCUT2D eigenvalue weighted by Gasteiger charge is 2.34. The van der Waals surface area contributed by atoms with Crippen molar-refractivity contribution in [2.75, 3.05) is 25.0 Å². The van der Waals surface area contributed by atoms with Crippen LogP contribution in [0.5, 0.6) is 0 Å². The molecule has 2 aromatic heterocycles. The lowest BCUT2D eigenvalue weighted by molar-refractivity contribution is -0.118. The molecule has 1 unspecified atom stereocenters. The molecular weight excluding hydrogens is 488 g/mol. The average molecular weight is 515 g/mol. The van der Waals surface area contributed by atoms with E-state index >= 15 is 0 Å². The smallest absolute Gasteiger partial charge is 0.323 e. The van der Waals surface area contributed by atoms with E-state index in [1.807, 2.05) is 37.3 Å². The molecule has 1 aliphatic heterocycles. The molecular formula is C27H26N6O3S. The summed E-state index contributed by atoms with van der Waals surface area (Å²) >= 11 is 1.36. The summed E-state index contributed by atoms with van der Waals surface area (Å²) in [6, 6.07) is 15.1. The molecule has 9 nitrogen and oxygen atoms in total. The van der Waals surface area contributed by atoms with Gasteiger partial charge in [-0.25, -0.2) is 19.7 Å². The number of aryl methyl sites for hydroxylation is 1. The molecule has 0 bridgehead atoms. The zero-order valence-corrected chi connectivity index (χ0v) is 21.5. The second-order valence-electron chi connectivity index (χ2n) is 9.47. The van der Waals surface area contributed by atoms with Crippen LogP contribution in [-0.2, 0) is 4.74 Å². The van der Waals surface area contributed by atoms with Gasteiger partial charge in [0.2, 0.25) is 0 Å². The number of morpholine rings is 1. The van der Waals surface area contributed by atoms with Gasteiger partial charge in [-0.3, -0.25) is 5.32 Å². The third-order valence-corrected chi connectivity index (χ3v) is 7.36. The molecule has 2 amide bonds. The van der Waals surface area contributed by atoms with E-state index in [-0.39, 0.29) is 12.6 Å². The highest BCUT2D eigenvalue weighted by molar-refractivity contribution is 7.19. The molecule has 4 aromatic rings. The van der Waals surface area contributed by atoms with Gasteiger partial charge in [0.1, 0.15) is 12.4 Å². The number of nitriles is 1. The number of nitrogens with one attached hydrogen (secondary N) is 1.